The van der Waals surface area contributed by atoms with Crippen LogP contribution in [0, 0.1) is 0 Å². The van der Waals surface area contributed by atoms with Gasteiger partial charge in [-0.15, -0.1) is 5.10 Å². The number of aryl methyl sites for hydroxylation is 1. The monoisotopic (exact) mass is 295 g/mol. The van der Waals surface area contributed by atoms with E-state index in [1.54, 1.807) is 13.2 Å². The van der Waals surface area contributed by atoms with Gasteiger partial charge in [0, 0.05) is 23.6 Å². The van der Waals surface area contributed by atoms with E-state index in [0.29, 0.717) is 17.4 Å². The molecular formula is C11H10BrN3O2. The molecule has 0 atom stereocenters. The maximum absolute atomic E-state index is 11.2. The van der Waals surface area contributed by atoms with E-state index in [1.165, 1.54) is 12.8 Å². The van der Waals surface area contributed by atoms with Crippen molar-refractivity contribution < 1.29 is 4.42 Å². The molecule has 88 valence electrons. The minimum atomic E-state index is -0.470. The van der Waals surface area contributed by atoms with Crippen LogP contribution >= 0.6 is 15.9 Å². The Morgan fingerprint density at radius 3 is 2.82 bits per heavy atom. The molecule has 0 N–H and O–H groups in total. The van der Waals surface area contributed by atoms with E-state index in [-0.39, 0.29) is 0 Å². The highest BCUT2D eigenvalue weighted by molar-refractivity contribution is 9.10. The van der Waals surface area contributed by atoms with Gasteiger partial charge in [-0.05, 0) is 34.8 Å². The zero-order valence-electron chi connectivity index (χ0n) is 9.18. The SMILES string of the molecule is Cn1nc(-c2cnc(C3CC3)c(Br)c2)oc1=O. The molecule has 1 saturated carbocycles. The third kappa shape index (κ3) is 1.93. The van der Waals surface area contributed by atoms with Crippen molar-refractivity contribution in [1.82, 2.24) is 14.8 Å². The Labute approximate surface area is 106 Å². The van der Waals surface area contributed by atoms with Crippen molar-refractivity contribution in [3.05, 3.63) is 33.0 Å². The maximum Gasteiger partial charge on any atom is 0.437 e. The standard InChI is InChI=1S/C11H10BrN3O2/c1-15-11(16)17-10(14-15)7-4-8(12)9(13-5-7)6-2-3-6/h4-6H,2-3H2,1H3. The van der Waals surface area contributed by atoms with Gasteiger partial charge in [0.2, 0.25) is 0 Å². The quantitative estimate of drug-likeness (QED) is 0.851. The summed E-state index contributed by atoms with van der Waals surface area (Å²) in [5.74, 6) is 0.407. The molecule has 0 bridgehead atoms. The van der Waals surface area contributed by atoms with Crippen LogP contribution in [0.1, 0.15) is 24.5 Å². The van der Waals surface area contributed by atoms with Gasteiger partial charge in [-0.25, -0.2) is 4.79 Å². The second-order valence-electron chi connectivity index (χ2n) is 4.16. The van der Waals surface area contributed by atoms with Crippen molar-refractivity contribution in [1.29, 1.82) is 0 Å². The summed E-state index contributed by atoms with van der Waals surface area (Å²) in [5, 5.41) is 3.99. The number of halogens is 1. The first kappa shape index (κ1) is 10.7. The molecule has 0 aliphatic heterocycles. The highest BCUT2D eigenvalue weighted by Gasteiger charge is 2.27. The molecule has 2 aromatic heterocycles. The number of rotatable bonds is 2. The molecule has 0 unspecified atom stereocenters. The van der Waals surface area contributed by atoms with Crippen molar-refractivity contribution in [3.8, 4) is 11.5 Å². The molecule has 2 heterocycles. The molecule has 0 saturated heterocycles. The summed E-state index contributed by atoms with van der Waals surface area (Å²) in [7, 11) is 1.55. The fraction of sp³-hybridized carbons (Fsp3) is 0.364. The zero-order chi connectivity index (χ0) is 12.0. The number of aromatic nitrogens is 3. The third-order valence-electron chi connectivity index (χ3n) is 2.77. The van der Waals surface area contributed by atoms with Gasteiger partial charge in [0.05, 0.1) is 11.3 Å². The molecule has 0 radical (unpaired) electrons. The minimum Gasteiger partial charge on any atom is -0.388 e. The summed E-state index contributed by atoms with van der Waals surface area (Å²) in [6, 6.07) is 1.89. The normalized spacial score (nSPS) is 15.2. The van der Waals surface area contributed by atoms with Crippen LogP contribution in [0.25, 0.3) is 11.5 Å². The van der Waals surface area contributed by atoms with Crippen LogP contribution < -0.4 is 5.76 Å². The molecule has 0 spiro atoms. The summed E-state index contributed by atoms with van der Waals surface area (Å²) in [6.07, 6.45) is 4.09. The van der Waals surface area contributed by atoms with Gasteiger partial charge in [-0.2, -0.15) is 4.68 Å². The Morgan fingerprint density at radius 1 is 1.53 bits per heavy atom. The predicted molar refractivity (Wildman–Crippen MR) is 64.7 cm³/mol. The molecule has 3 rings (SSSR count). The summed E-state index contributed by atoms with van der Waals surface area (Å²) < 4.78 is 7.12. The molecular weight excluding hydrogens is 286 g/mol. The van der Waals surface area contributed by atoms with Crippen LogP contribution in [-0.2, 0) is 7.05 Å². The largest absolute Gasteiger partial charge is 0.437 e. The Balaban J connectivity index is 2.03. The van der Waals surface area contributed by atoms with Gasteiger partial charge >= 0.3 is 5.76 Å². The highest BCUT2D eigenvalue weighted by atomic mass is 79.9. The minimum absolute atomic E-state index is 0.299. The van der Waals surface area contributed by atoms with Crippen molar-refractivity contribution in [2.75, 3.05) is 0 Å². The van der Waals surface area contributed by atoms with Gasteiger partial charge in [0.15, 0.2) is 0 Å². The maximum atomic E-state index is 11.2. The molecule has 1 fully saturated rings. The Morgan fingerprint density at radius 2 is 2.29 bits per heavy atom. The summed E-state index contributed by atoms with van der Waals surface area (Å²) in [6.45, 7) is 0. The lowest BCUT2D eigenvalue weighted by atomic mass is 10.2. The van der Waals surface area contributed by atoms with Gasteiger partial charge in [0.25, 0.3) is 5.89 Å². The number of hydrogen-bond donors (Lipinski definition) is 0. The fourth-order valence-corrected chi connectivity index (χ4v) is 2.36. The second-order valence-corrected chi connectivity index (χ2v) is 5.02. The van der Waals surface area contributed by atoms with Gasteiger partial charge < -0.3 is 4.42 Å². The van der Waals surface area contributed by atoms with Gasteiger partial charge in [-0.1, -0.05) is 0 Å². The molecule has 17 heavy (non-hydrogen) atoms. The van der Waals surface area contributed by atoms with E-state index in [0.717, 1.165) is 14.8 Å². The summed E-state index contributed by atoms with van der Waals surface area (Å²) >= 11 is 3.49. The van der Waals surface area contributed by atoms with Crippen LogP contribution in [0.15, 0.2) is 25.9 Å². The van der Waals surface area contributed by atoms with Crippen molar-refractivity contribution in [2.45, 2.75) is 18.8 Å². The van der Waals surface area contributed by atoms with Crippen LogP contribution in [0.3, 0.4) is 0 Å². The smallest absolute Gasteiger partial charge is 0.388 e. The van der Waals surface area contributed by atoms with Gasteiger partial charge in [-0.3, -0.25) is 4.98 Å². The molecule has 6 heteroatoms. The van der Waals surface area contributed by atoms with Crippen molar-refractivity contribution in [3.63, 3.8) is 0 Å². The Hall–Kier alpha value is -1.43. The lowest BCUT2D eigenvalue weighted by Gasteiger charge is -2.02. The van der Waals surface area contributed by atoms with E-state index in [1.807, 2.05) is 6.07 Å². The molecule has 0 amide bonds. The van der Waals surface area contributed by atoms with Crippen LogP contribution in [-0.4, -0.2) is 14.8 Å². The van der Waals surface area contributed by atoms with E-state index in [2.05, 4.69) is 26.0 Å². The predicted octanol–water partition coefficient (Wildman–Crippen LogP) is 2.08. The van der Waals surface area contributed by atoms with Gasteiger partial charge in [0.1, 0.15) is 0 Å². The number of hydrogen-bond acceptors (Lipinski definition) is 4. The van der Waals surface area contributed by atoms with Crippen LogP contribution in [0.4, 0.5) is 0 Å². The van der Waals surface area contributed by atoms with E-state index in [9.17, 15) is 4.79 Å². The number of nitrogens with zero attached hydrogens (tertiary/aromatic N) is 3. The second kappa shape index (κ2) is 3.80. The van der Waals surface area contributed by atoms with E-state index >= 15 is 0 Å². The summed E-state index contributed by atoms with van der Waals surface area (Å²) in [4.78, 5) is 15.6. The summed E-state index contributed by atoms with van der Waals surface area (Å²) in [5.41, 5.74) is 1.78. The first-order valence-electron chi connectivity index (χ1n) is 5.35. The molecule has 1 aliphatic rings. The first-order chi connectivity index (χ1) is 8.15. The average molecular weight is 296 g/mol. The third-order valence-corrected chi connectivity index (χ3v) is 3.40. The fourth-order valence-electron chi connectivity index (χ4n) is 1.69. The van der Waals surface area contributed by atoms with Crippen LogP contribution in [0.2, 0.25) is 0 Å². The Kier molecular flexibility index (Phi) is 2.39. The first-order valence-corrected chi connectivity index (χ1v) is 6.14. The molecule has 0 aromatic carbocycles. The lowest BCUT2D eigenvalue weighted by molar-refractivity contribution is 0.505. The topological polar surface area (TPSA) is 60.9 Å². The molecule has 1 aliphatic carbocycles. The lowest BCUT2D eigenvalue weighted by Crippen LogP contribution is -2.09. The highest BCUT2D eigenvalue weighted by Crippen LogP contribution is 2.42. The molecule has 2 aromatic rings. The van der Waals surface area contributed by atoms with Crippen molar-refractivity contribution >= 4 is 15.9 Å². The van der Waals surface area contributed by atoms with Crippen LogP contribution in [0.5, 0.6) is 0 Å². The average Bonchev–Trinajstić information content (AvgIpc) is 3.07. The van der Waals surface area contributed by atoms with E-state index in [4.69, 9.17) is 4.42 Å². The zero-order valence-corrected chi connectivity index (χ0v) is 10.8. The molecule has 5 nitrogen and oxygen atoms in total. The van der Waals surface area contributed by atoms with Crippen molar-refractivity contribution in [2.24, 2.45) is 7.05 Å². The van der Waals surface area contributed by atoms with E-state index < -0.39 is 5.76 Å². The Bertz CT molecular complexity index is 628. The number of pyridine rings is 1.